The highest BCUT2D eigenvalue weighted by Gasteiger charge is 2.07. The minimum Gasteiger partial charge on any atom is -0.493 e. The van der Waals surface area contributed by atoms with Gasteiger partial charge in [-0.2, -0.15) is 0 Å². The molecule has 0 aromatic heterocycles. The molecule has 0 fully saturated rings. The third kappa shape index (κ3) is 2.18. The van der Waals surface area contributed by atoms with Crippen molar-refractivity contribution in [1.82, 2.24) is 0 Å². The van der Waals surface area contributed by atoms with Crippen molar-refractivity contribution in [2.24, 2.45) is 0 Å². The molecular weight excluding hydrogens is 231 g/mol. The Morgan fingerprint density at radius 2 is 1.77 bits per heavy atom. The fraction of sp³-hybridized carbons (Fsp3) is 0.333. The van der Waals surface area contributed by atoms with Crippen LogP contribution in [0.2, 0.25) is 0 Å². The van der Waals surface area contributed by atoms with Crippen LogP contribution in [-0.4, -0.2) is 22.1 Å². The highest BCUT2D eigenvalue weighted by Crippen LogP contribution is 2.32. The van der Waals surface area contributed by atoms with Crippen LogP contribution >= 0.6 is 15.9 Å². The van der Waals surface area contributed by atoms with Crippen molar-refractivity contribution in [1.29, 1.82) is 0 Å². The van der Waals surface area contributed by atoms with Gasteiger partial charge in [0, 0.05) is 4.47 Å². The molecule has 1 aromatic rings. The van der Waals surface area contributed by atoms with E-state index in [4.69, 9.17) is 17.3 Å². The summed E-state index contributed by atoms with van der Waals surface area (Å²) in [5.74, 6) is 1.40. The van der Waals surface area contributed by atoms with Gasteiger partial charge in [0.1, 0.15) is 0 Å². The Kier molecular flexibility index (Phi) is 3.66. The second-order valence-electron chi connectivity index (χ2n) is 2.50. The largest absolute Gasteiger partial charge is 0.493 e. The van der Waals surface area contributed by atoms with Crippen molar-refractivity contribution in [3.8, 4) is 11.5 Å². The fourth-order valence-electron chi connectivity index (χ4n) is 1.05. The summed E-state index contributed by atoms with van der Waals surface area (Å²) in [5.41, 5.74) is 0.998. The van der Waals surface area contributed by atoms with Crippen molar-refractivity contribution in [2.75, 3.05) is 14.2 Å². The summed E-state index contributed by atoms with van der Waals surface area (Å²) in [4.78, 5) is 0. The van der Waals surface area contributed by atoms with Gasteiger partial charge in [-0.1, -0.05) is 22.3 Å². The third-order valence-electron chi connectivity index (χ3n) is 1.77. The lowest BCUT2D eigenvalue weighted by Gasteiger charge is -2.10. The molecule has 1 rings (SSSR count). The second-order valence-corrected chi connectivity index (χ2v) is 3.36. The molecule has 2 radical (unpaired) electrons. The van der Waals surface area contributed by atoms with Crippen LogP contribution in [0.1, 0.15) is 5.56 Å². The van der Waals surface area contributed by atoms with Crippen LogP contribution < -0.4 is 9.47 Å². The van der Waals surface area contributed by atoms with E-state index in [1.54, 1.807) is 14.2 Å². The van der Waals surface area contributed by atoms with Crippen LogP contribution in [0.3, 0.4) is 0 Å². The second kappa shape index (κ2) is 4.56. The maximum atomic E-state index is 5.54. The minimum absolute atomic E-state index is 0.473. The Balaban J connectivity index is 3.18. The number of hydrogen-bond donors (Lipinski definition) is 0. The van der Waals surface area contributed by atoms with E-state index in [9.17, 15) is 0 Å². The van der Waals surface area contributed by atoms with Crippen LogP contribution in [0.15, 0.2) is 16.6 Å². The lowest BCUT2D eigenvalue weighted by atomic mass is 9.97. The van der Waals surface area contributed by atoms with E-state index >= 15 is 0 Å². The molecule has 0 aliphatic rings. The zero-order chi connectivity index (χ0) is 9.84. The Labute approximate surface area is 87.8 Å². The quantitative estimate of drug-likeness (QED) is 0.754. The van der Waals surface area contributed by atoms with Crippen molar-refractivity contribution >= 4 is 23.8 Å². The molecule has 4 heteroatoms. The minimum atomic E-state index is 0.473. The highest BCUT2D eigenvalue weighted by atomic mass is 79.9. The average molecular weight is 241 g/mol. The molecule has 1 aromatic carbocycles. The van der Waals surface area contributed by atoms with Gasteiger partial charge in [-0.3, -0.25) is 0 Å². The van der Waals surface area contributed by atoms with Gasteiger partial charge in [0.05, 0.1) is 22.1 Å². The third-order valence-corrected chi connectivity index (χ3v) is 2.51. The van der Waals surface area contributed by atoms with Gasteiger partial charge in [0.25, 0.3) is 0 Å². The van der Waals surface area contributed by atoms with E-state index in [1.807, 2.05) is 12.1 Å². The van der Waals surface area contributed by atoms with E-state index in [1.165, 1.54) is 0 Å². The standard InChI is InChI=1S/C9H10BBrO2/c1-12-8-3-6(5-10)7(11)4-9(8)13-2/h3-4H,5H2,1-2H3. The molecule has 0 atom stereocenters. The molecule has 0 aliphatic heterocycles. The molecule has 0 amide bonds. The topological polar surface area (TPSA) is 18.5 Å². The molecule has 0 unspecified atom stereocenters. The predicted molar refractivity (Wildman–Crippen MR) is 56.7 cm³/mol. The molecule has 0 spiro atoms. The molecule has 0 heterocycles. The Morgan fingerprint density at radius 3 is 2.23 bits per heavy atom. The molecule has 2 nitrogen and oxygen atoms in total. The molecule has 0 aliphatic carbocycles. The van der Waals surface area contributed by atoms with Gasteiger partial charge in [-0.15, -0.1) is 0 Å². The van der Waals surface area contributed by atoms with Gasteiger partial charge >= 0.3 is 0 Å². The van der Waals surface area contributed by atoms with E-state index < -0.39 is 0 Å². The van der Waals surface area contributed by atoms with E-state index in [0.29, 0.717) is 17.8 Å². The fourth-order valence-corrected chi connectivity index (χ4v) is 1.54. The van der Waals surface area contributed by atoms with Crippen LogP contribution in [-0.2, 0) is 6.32 Å². The SMILES string of the molecule is [B]Cc1cc(OC)c(OC)cc1Br. The predicted octanol–water partition coefficient (Wildman–Crippen LogP) is 2.13. The Morgan fingerprint density at radius 1 is 1.23 bits per heavy atom. The summed E-state index contributed by atoms with van der Waals surface area (Å²) in [6.45, 7) is 0. The summed E-state index contributed by atoms with van der Waals surface area (Å²) in [6.07, 6.45) is 0.473. The average Bonchev–Trinajstić information content (AvgIpc) is 2.17. The van der Waals surface area contributed by atoms with E-state index in [2.05, 4.69) is 15.9 Å². The van der Waals surface area contributed by atoms with Crippen LogP contribution in [0, 0.1) is 0 Å². The highest BCUT2D eigenvalue weighted by molar-refractivity contribution is 9.10. The normalized spacial score (nSPS) is 9.77. The molecule has 0 saturated carbocycles. The summed E-state index contributed by atoms with van der Waals surface area (Å²) in [5, 5.41) is 0. The number of benzene rings is 1. The smallest absolute Gasteiger partial charge is 0.161 e. The maximum absolute atomic E-state index is 5.54. The van der Waals surface area contributed by atoms with Crippen LogP contribution in [0.25, 0.3) is 0 Å². The molecule has 68 valence electrons. The first kappa shape index (κ1) is 10.4. The molecule has 0 saturated heterocycles. The van der Waals surface area contributed by atoms with Gasteiger partial charge < -0.3 is 9.47 Å². The van der Waals surface area contributed by atoms with Gasteiger partial charge in [-0.25, -0.2) is 0 Å². The van der Waals surface area contributed by atoms with Crippen molar-refractivity contribution < 1.29 is 9.47 Å². The Hall–Kier alpha value is -0.635. The lowest BCUT2D eigenvalue weighted by molar-refractivity contribution is 0.354. The number of ether oxygens (including phenoxy) is 2. The monoisotopic (exact) mass is 240 g/mol. The van der Waals surface area contributed by atoms with Crippen LogP contribution in [0.5, 0.6) is 11.5 Å². The summed E-state index contributed by atoms with van der Waals surface area (Å²) >= 11 is 3.40. The molecule has 0 bridgehead atoms. The van der Waals surface area contributed by atoms with Crippen LogP contribution in [0.4, 0.5) is 0 Å². The van der Waals surface area contributed by atoms with Gasteiger partial charge in [0.2, 0.25) is 0 Å². The van der Waals surface area contributed by atoms with Crippen molar-refractivity contribution in [2.45, 2.75) is 6.32 Å². The van der Waals surface area contributed by atoms with E-state index in [0.717, 1.165) is 10.0 Å². The van der Waals surface area contributed by atoms with Crippen molar-refractivity contribution in [3.63, 3.8) is 0 Å². The zero-order valence-electron chi connectivity index (χ0n) is 7.63. The Bertz CT molecular complexity index is 302. The zero-order valence-corrected chi connectivity index (χ0v) is 9.22. The number of halogens is 1. The summed E-state index contributed by atoms with van der Waals surface area (Å²) in [6, 6.07) is 3.71. The van der Waals surface area contributed by atoms with Gasteiger partial charge in [-0.05, 0) is 17.7 Å². The lowest BCUT2D eigenvalue weighted by Crippen LogP contribution is -1.94. The first-order chi connectivity index (χ1) is 6.22. The summed E-state index contributed by atoms with van der Waals surface area (Å²) in [7, 11) is 8.75. The first-order valence-electron chi connectivity index (χ1n) is 3.83. The summed E-state index contributed by atoms with van der Waals surface area (Å²) < 4.78 is 11.2. The number of hydrogen-bond acceptors (Lipinski definition) is 2. The first-order valence-corrected chi connectivity index (χ1v) is 4.62. The number of methoxy groups -OCH3 is 2. The number of rotatable bonds is 3. The maximum Gasteiger partial charge on any atom is 0.161 e. The molecule has 0 N–H and O–H groups in total. The van der Waals surface area contributed by atoms with E-state index in [-0.39, 0.29) is 0 Å². The van der Waals surface area contributed by atoms with Crippen molar-refractivity contribution in [3.05, 3.63) is 22.2 Å². The molecular formula is C9H10BBrO2. The van der Waals surface area contributed by atoms with Gasteiger partial charge in [0.15, 0.2) is 11.5 Å². The molecule has 13 heavy (non-hydrogen) atoms.